The predicted molar refractivity (Wildman–Crippen MR) is 49.4 cm³/mol. The molecule has 0 radical (unpaired) electrons. The molecule has 0 fully saturated rings. The van der Waals surface area contributed by atoms with Gasteiger partial charge in [0.25, 0.3) is 0 Å². The Morgan fingerprint density at radius 3 is 2.09 bits per heavy atom. The van der Waals surface area contributed by atoms with Gasteiger partial charge in [-0.15, -0.1) is 0 Å². The van der Waals surface area contributed by atoms with E-state index < -0.39 is 0 Å². The maximum absolute atomic E-state index is 9.43. The number of allylic oxidation sites excluding steroid dienone is 2. The Labute approximate surface area is 69.4 Å². The first kappa shape index (κ1) is 10.4. The van der Waals surface area contributed by atoms with Crippen LogP contribution in [0.4, 0.5) is 0 Å². The smallest absolute Gasteiger partial charge is 0.0749 e. The molecule has 1 nitrogen and oxygen atoms in total. The first-order valence-corrected chi connectivity index (χ1v) is 3.97. The van der Waals surface area contributed by atoms with Gasteiger partial charge in [0.1, 0.15) is 0 Å². The van der Waals surface area contributed by atoms with Crippen molar-refractivity contribution in [1.82, 2.24) is 0 Å². The summed E-state index contributed by atoms with van der Waals surface area (Å²) in [6.45, 7) is 11.7. The van der Waals surface area contributed by atoms with Crippen LogP contribution >= 0.6 is 0 Å². The minimum atomic E-state index is -0.341. The van der Waals surface area contributed by atoms with Gasteiger partial charge in [-0.05, 0) is 19.8 Å². The summed E-state index contributed by atoms with van der Waals surface area (Å²) in [6.07, 6.45) is 1.51. The van der Waals surface area contributed by atoms with Crippen molar-refractivity contribution in [1.29, 1.82) is 0 Å². The third kappa shape index (κ3) is 3.99. The van der Waals surface area contributed by atoms with E-state index >= 15 is 0 Å². The van der Waals surface area contributed by atoms with Gasteiger partial charge in [0.2, 0.25) is 0 Å². The van der Waals surface area contributed by atoms with Gasteiger partial charge in [0.15, 0.2) is 0 Å². The summed E-state index contributed by atoms with van der Waals surface area (Å²) in [5, 5.41) is 9.43. The van der Waals surface area contributed by atoms with Crippen molar-refractivity contribution >= 4 is 0 Å². The maximum atomic E-state index is 9.43. The van der Waals surface area contributed by atoms with Crippen LogP contribution in [0.2, 0.25) is 0 Å². The fourth-order valence-corrected chi connectivity index (χ4v) is 0.591. The molecule has 0 heterocycles. The second-order valence-corrected chi connectivity index (χ2v) is 3.36. The SMILES string of the molecule is C=C(C)/C(C)=C\C(O)C(C)C. The van der Waals surface area contributed by atoms with Gasteiger partial charge in [0.05, 0.1) is 6.10 Å². The average Bonchev–Trinajstić information content (AvgIpc) is 1.87. The van der Waals surface area contributed by atoms with Gasteiger partial charge in [-0.2, -0.15) is 0 Å². The van der Waals surface area contributed by atoms with Gasteiger partial charge in [-0.3, -0.25) is 0 Å². The van der Waals surface area contributed by atoms with E-state index in [-0.39, 0.29) is 12.0 Å². The zero-order valence-electron chi connectivity index (χ0n) is 7.89. The summed E-state index contributed by atoms with van der Waals surface area (Å²) >= 11 is 0. The molecule has 1 N–H and O–H groups in total. The number of aliphatic hydroxyl groups excluding tert-OH is 1. The molecule has 1 heteroatoms. The molecule has 1 atom stereocenters. The monoisotopic (exact) mass is 154 g/mol. The summed E-state index contributed by atoms with van der Waals surface area (Å²) in [7, 11) is 0. The first-order valence-electron chi connectivity index (χ1n) is 3.97. The molecule has 64 valence electrons. The van der Waals surface area contributed by atoms with Crippen LogP contribution in [0, 0.1) is 5.92 Å². The quantitative estimate of drug-likeness (QED) is 0.619. The third-order valence-corrected chi connectivity index (χ3v) is 1.78. The Kier molecular flexibility index (Phi) is 4.12. The molecule has 0 rings (SSSR count). The molecule has 0 aliphatic carbocycles. The Morgan fingerprint density at radius 2 is 1.82 bits per heavy atom. The molecular weight excluding hydrogens is 136 g/mol. The molecule has 0 aromatic carbocycles. The van der Waals surface area contributed by atoms with E-state index in [0.29, 0.717) is 0 Å². The number of hydrogen-bond donors (Lipinski definition) is 1. The highest BCUT2D eigenvalue weighted by Crippen LogP contribution is 2.10. The standard InChI is InChI=1S/C10H18O/c1-7(2)9(5)6-10(11)8(3)4/h6,8,10-11H,1H2,2-5H3/b9-6-. The summed E-state index contributed by atoms with van der Waals surface area (Å²) < 4.78 is 0. The maximum Gasteiger partial charge on any atom is 0.0749 e. The molecule has 0 saturated heterocycles. The van der Waals surface area contributed by atoms with Crippen LogP contribution in [-0.4, -0.2) is 11.2 Å². The molecule has 0 aromatic rings. The Balaban J connectivity index is 4.19. The van der Waals surface area contributed by atoms with Gasteiger partial charge < -0.3 is 5.11 Å². The van der Waals surface area contributed by atoms with Crippen LogP contribution < -0.4 is 0 Å². The second-order valence-electron chi connectivity index (χ2n) is 3.36. The van der Waals surface area contributed by atoms with Gasteiger partial charge in [0, 0.05) is 0 Å². The van der Waals surface area contributed by atoms with E-state index in [1.165, 1.54) is 0 Å². The van der Waals surface area contributed by atoms with Crippen molar-refractivity contribution in [3.63, 3.8) is 0 Å². The Bertz CT molecular complexity index is 166. The van der Waals surface area contributed by atoms with Crippen LogP contribution in [0.25, 0.3) is 0 Å². The van der Waals surface area contributed by atoms with Gasteiger partial charge in [-0.1, -0.05) is 37.6 Å². The van der Waals surface area contributed by atoms with Crippen molar-refractivity contribution in [3.8, 4) is 0 Å². The van der Waals surface area contributed by atoms with E-state index in [2.05, 4.69) is 6.58 Å². The highest BCUT2D eigenvalue weighted by molar-refractivity contribution is 5.24. The number of rotatable bonds is 3. The minimum absolute atomic E-state index is 0.282. The molecule has 1 unspecified atom stereocenters. The van der Waals surface area contributed by atoms with Crippen LogP contribution in [0.1, 0.15) is 27.7 Å². The lowest BCUT2D eigenvalue weighted by molar-refractivity contribution is 0.171. The van der Waals surface area contributed by atoms with Crippen molar-refractivity contribution < 1.29 is 5.11 Å². The summed E-state index contributed by atoms with van der Waals surface area (Å²) in [5.74, 6) is 0.282. The lowest BCUT2D eigenvalue weighted by Gasteiger charge is -2.10. The van der Waals surface area contributed by atoms with Gasteiger partial charge in [-0.25, -0.2) is 0 Å². The molecule has 0 spiro atoms. The molecule has 0 saturated carbocycles. The minimum Gasteiger partial charge on any atom is -0.389 e. The van der Waals surface area contributed by atoms with Crippen LogP contribution in [-0.2, 0) is 0 Å². The normalized spacial score (nSPS) is 15.3. The molecule has 11 heavy (non-hydrogen) atoms. The summed E-state index contributed by atoms with van der Waals surface area (Å²) in [4.78, 5) is 0. The highest BCUT2D eigenvalue weighted by atomic mass is 16.3. The zero-order chi connectivity index (χ0) is 9.02. The second kappa shape index (κ2) is 4.35. The number of hydrogen-bond acceptors (Lipinski definition) is 1. The van der Waals surface area contributed by atoms with E-state index in [1.54, 1.807) is 0 Å². The van der Waals surface area contributed by atoms with Crippen molar-refractivity contribution in [3.05, 3.63) is 23.8 Å². The lowest BCUT2D eigenvalue weighted by Crippen LogP contribution is -2.11. The fraction of sp³-hybridized carbons (Fsp3) is 0.600. The third-order valence-electron chi connectivity index (χ3n) is 1.78. The predicted octanol–water partition coefficient (Wildman–Crippen LogP) is 2.53. The van der Waals surface area contributed by atoms with Gasteiger partial charge >= 0.3 is 0 Å². The lowest BCUT2D eigenvalue weighted by atomic mass is 10.0. The Hall–Kier alpha value is -0.560. The first-order chi connectivity index (χ1) is 4.95. The molecule has 0 aromatic heterocycles. The van der Waals surface area contributed by atoms with E-state index in [0.717, 1.165) is 11.1 Å². The zero-order valence-corrected chi connectivity index (χ0v) is 7.89. The Morgan fingerprint density at radius 1 is 1.36 bits per heavy atom. The highest BCUT2D eigenvalue weighted by Gasteiger charge is 2.05. The largest absolute Gasteiger partial charge is 0.389 e. The summed E-state index contributed by atoms with van der Waals surface area (Å²) in [6, 6.07) is 0. The molecule has 0 bridgehead atoms. The summed E-state index contributed by atoms with van der Waals surface area (Å²) in [5.41, 5.74) is 2.09. The average molecular weight is 154 g/mol. The molecular formula is C10H18O. The fourth-order valence-electron chi connectivity index (χ4n) is 0.591. The van der Waals surface area contributed by atoms with Crippen LogP contribution in [0.15, 0.2) is 23.8 Å². The van der Waals surface area contributed by atoms with E-state index in [4.69, 9.17) is 0 Å². The van der Waals surface area contributed by atoms with Crippen molar-refractivity contribution in [2.75, 3.05) is 0 Å². The van der Waals surface area contributed by atoms with Crippen molar-refractivity contribution in [2.24, 2.45) is 5.92 Å². The van der Waals surface area contributed by atoms with Crippen LogP contribution in [0.3, 0.4) is 0 Å². The number of aliphatic hydroxyl groups is 1. The molecule has 0 aliphatic rings. The molecule has 0 amide bonds. The molecule has 0 aliphatic heterocycles. The van der Waals surface area contributed by atoms with E-state index in [9.17, 15) is 5.11 Å². The van der Waals surface area contributed by atoms with E-state index in [1.807, 2.05) is 33.8 Å². The van der Waals surface area contributed by atoms with Crippen molar-refractivity contribution in [2.45, 2.75) is 33.8 Å². The van der Waals surface area contributed by atoms with Crippen LogP contribution in [0.5, 0.6) is 0 Å². The topological polar surface area (TPSA) is 20.2 Å².